The number of amides is 4. The number of unbranched alkanes of at least 4 members (excludes halogenated alkanes) is 1. The summed E-state index contributed by atoms with van der Waals surface area (Å²) in [6, 6.07) is 5.08. The number of nitrogens with zero attached hydrogens (tertiary/aromatic N) is 2. The molecule has 0 radical (unpaired) electrons. The highest BCUT2D eigenvalue weighted by Gasteiger charge is 2.29. The number of imide groups is 1. The van der Waals surface area contributed by atoms with Gasteiger partial charge in [0.25, 0.3) is 11.8 Å². The molecule has 36 heavy (non-hydrogen) atoms. The zero-order chi connectivity index (χ0) is 26.5. The molecule has 0 aliphatic carbocycles. The minimum Gasteiger partial charge on any atom is -0.341 e. The van der Waals surface area contributed by atoms with E-state index < -0.39 is 27.9 Å². The average molecular weight is 536 g/mol. The zero-order valence-corrected chi connectivity index (χ0v) is 22.6. The number of thiophene rings is 1. The third-order valence-electron chi connectivity index (χ3n) is 6.14. The standard InChI is InChI=1S/C24H33N5O5S2/c1-5-7-13-28(4)36(33,34)17-10-8-16(9-11-17)21(30)26-23-20(22(31)27-24(32)25-3)18-12-14-29(6-2)15-19(18)35-23/h8-11H,5-7,12-15H2,1-4H3,(H,26,30)(H2,25,27,31,32). The predicted octanol–water partition coefficient (Wildman–Crippen LogP) is 2.87. The number of benzene rings is 1. The molecular formula is C24H33N5O5S2. The molecule has 0 fully saturated rings. The van der Waals surface area contributed by atoms with Gasteiger partial charge in [-0.2, -0.15) is 0 Å². The van der Waals surface area contributed by atoms with E-state index >= 15 is 0 Å². The monoisotopic (exact) mass is 535 g/mol. The molecule has 2 aromatic rings. The lowest BCUT2D eigenvalue weighted by Gasteiger charge is -2.25. The van der Waals surface area contributed by atoms with Crippen LogP contribution in [0, 0.1) is 0 Å². The molecular weight excluding hydrogens is 502 g/mol. The van der Waals surface area contributed by atoms with Crippen LogP contribution in [0.25, 0.3) is 0 Å². The third kappa shape index (κ3) is 6.12. The molecule has 10 nitrogen and oxygen atoms in total. The van der Waals surface area contributed by atoms with Gasteiger partial charge in [0.05, 0.1) is 10.5 Å². The van der Waals surface area contributed by atoms with Crippen molar-refractivity contribution in [3.05, 3.63) is 45.8 Å². The lowest BCUT2D eigenvalue weighted by atomic mass is 10.0. The van der Waals surface area contributed by atoms with Crippen molar-refractivity contribution in [3.63, 3.8) is 0 Å². The van der Waals surface area contributed by atoms with E-state index in [9.17, 15) is 22.8 Å². The number of carbonyl (C=O) groups excluding carboxylic acids is 3. The third-order valence-corrected chi connectivity index (χ3v) is 9.15. The Balaban J connectivity index is 1.85. The van der Waals surface area contributed by atoms with Crippen LogP contribution in [0.2, 0.25) is 0 Å². The highest BCUT2D eigenvalue weighted by atomic mass is 32.2. The van der Waals surface area contributed by atoms with E-state index in [4.69, 9.17) is 0 Å². The summed E-state index contributed by atoms with van der Waals surface area (Å²) in [6.07, 6.45) is 2.27. The first kappa shape index (κ1) is 27.8. The summed E-state index contributed by atoms with van der Waals surface area (Å²) in [5, 5.41) is 7.82. The molecule has 0 spiro atoms. The summed E-state index contributed by atoms with van der Waals surface area (Å²) in [6.45, 7) is 6.76. The van der Waals surface area contributed by atoms with Crippen molar-refractivity contribution in [1.29, 1.82) is 0 Å². The molecule has 0 atom stereocenters. The minimum atomic E-state index is -3.65. The Morgan fingerprint density at radius 1 is 1.11 bits per heavy atom. The number of anilines is 1. The highest BCUT2D eigenvalue weighted by Crippen LogP contribution is 2.37. The molecule has 0 saturated heterocycles. The maximum atomic E-state index is 13.1. The number of carbonyl (C=O) groups is 3. The van der Waals surface area contributed by atoms with Crippen LogP contribution in [-0.2, 0) is 23.0 Å². The zero-order valence-electron chi connectivity index (χ0n) is 21.0. The van der Waals surface area contributed by atoms with Crippen molar-refractivity contribution in [2.75, 3.05) is 39.0 Å². The van der Waals surface area contributed by atoms with Crippen LogP contribution >= 0.6 is 11.3 Å². The van der Waals surface area contributed by atoms with Gasteiger partial charge in [-0.15, -0.1) is 11.3 Å². The fourth-order valence-corrected chi connectivity index (χ4v) is 6.41. The Morgan fingerprint density at radius 2 is 1.81 bits per heavy atom. The molecule has 0 saturated carbocycles. The molecule has 0 bridgehead atoms. The largest absolute Gasteiger partial charge is 0.341 e. The van der Waals surface area contributed by atoms with Crippen LogP contribution in [0.3, 0.4) is 0 Å². The van der Waals surface area contributed by atoms with Gasteiger partial charge in [0.15, 0.2) is 0 Å². The lowest BCUT2D eigenvalue weighted by Crippen LogP contribution is -2.38. The van der Waals surface area contributed by atoms with Gasteiger partial charge in [0.2, 0.25) is 10.0 Å². The van der Waals surface area contributed by atoms with Gasteiger partial charge in [-0.1, -0.05) is 20.3 Å². The highest BCUT2D eigenvalue weighted by molar-refractivity contribution is 7.89. The lowest BCUT2D eigenvalue weighted by molar-refractivity contribution is 0.0964. The molecule has 3 rings (SSSR count). The number of rotatable bonds is 9. The van der Waals surface area contributed by atoms with Crippen LogP contribution in [0.4, 0.5) is 9.80 Å². The number of likely N-dealkylation sites (N-methyl/N-ethyl adjacent to an activating group) is 1. The smallest absolute Gasteiger partial charge is 0.321 e. The van der Waals surface area contributed by atoms with Crippen molar-refractivity contribution < 1.29 is 22.8 Å². The molecule has 1 aliphatic rings. The normalized spacial score (nSPS) is 13.8. The van der Waals surface area contributed by atoms with Gasteiger partial charge >= 0.3 is 6.03 Å². The van der Waals surface area contributed by atoms with Gasteiger partial charge in [0.1, 0.15) is 5.00 Å². The molecule has 1 aliphatic heterocycles. The number of fused-ring (bicyclic) bond motifs is 1. The van der Waals surface area contributed by atoms with Crippen LogP contribution in [0.1, 0.15) is 57.8 Å². The Morgan fingerprint density at radius 3 is 2.42 bits per heavy atom. The van der Waals surface area contributed by atoms with Crippen LogP contribution < -0.4 is 16.0 Å². The minimum absolute atomic E-state index is 0.106. The van der Waals surface area contributed by atoms with E-state index in [1.807, 2.05) is 6.92 Å². The van der Waals surface area contributed by atoms with Gasteiger partial charge in [-0.3, -0.25) is 19.8 Å². The Hall–Kier alpha value is -2.80. The molecule has 1 aromatic heterocycles. The fraction of sp³-hybridized carbons (Fsp3) is 0.458. The summed E-state index contributed by atoms with van der Waals surface area (Å²) in [5.74, 6) is -1.05. The Labute approximate surface area is 216 Å². The van der Waals surface area contributed by atoms with Crippen molar-refractivity contribution in [2.24, 2.45) is 0 Å². The van der Waals surface area contributed by atoms with Crippen LogP contribution in [0.15, 0.2) is 29.2 Å². The van der Waals surface area contributed by atoms with Gasteiger partial charge < -0.3 is 10.6 Å². The number of hydrogen-bond donors (Lipinski definition) is 3. The summed E-state index contributed by atoms with van der Waals surface area (Å²) in [7, 11) is -0.694. The second-order valence-corrected chi connectivity index (χ2v) is 11.7. The molecule has 196 valence electrons. The topological polar surface area (TPSA) is 128 Å². The summed E-state index contributed by atoms with van der Waals surface area (Å²) in [4.78, 5) is 41.1. The summed E-state index contributed by atoms with van der Waals surface area (Å²) in [5.41, 5.74) is 1.38. The van der Waals surface area contributed by atoms with E-state index in [2.05, 4.69) is 27.8 Å². The number of sulfonamides is 1. The maximum absolute atomic E-state index is 13.1. The van der Waals surface area contributed by atoms with E-state index in [1.54, 1.807) is 0 Å². The van der Waals surface area contributed by atoms with Crippen molar-refractivity contribution in [3.8, 4) is 0 Å². The van der Waals surface area contributed by atoms with E-state index in [1.165, 1.54) is 54.0 Å². The number of urea groups is 1. The first-order chi connectivity index (χ1) is 17.1. The second-order valence-electron chi connectivity index (χ2n) is 8.52. The van der Waals surface area contributed by atoms with Gasteiger partial charge in [-0.25, -0.2) is 17.5 Å². The summed E-state index contributed by atoms with van der Waals surface area (Å²) >= 11 is 1.32. The van der Waals surface area contributed by atoms with E-state index in [-0.39, 0.29) is 10.5 Å². The predicted molar refractivity (Wildman–Crippen MR) is 140 cm³/mol. The molecule has 2 heterocycles. The molecule has 1 aromatic carbocycles. The number of nitrogens with one attached hydrogen (secondary N) is 3. The Kier molecular flexibility index (Phi) is 9.23. The molecule has 12 heteroatoms. The van der Waals surface area contributed by atoms with Crippen molar-refractivity contribution in [1.82, 2.24) is 19.8 Å². The Bertz CT molecular complexity index is 1220. The van der Waals surface area contributed by atoms with Crippen LogP contribution in [0.5, 0.6) is 0 Å². The molecule has 4 amide bonds. The summed E-state index contributed by atoms with van der Waals surface area (Å²) < 4.78 is 26.8. The van der Waals surface area contributed by atoms with Crippen molar-refractivity contribution in [2.45, 2.75) is 44.6 Å². The quantitative estimate of drug-likeness (QED) is 0.453. The molecule has 0 unspecified atom stereocenters. The first-order valence-corrected chi connectivity index (χ1v) is 14.2. The maximum Gasteiger partial charge on any atom is 0.321 e. The van der Waals surface area contributed by atoms with E-state index in [0.717, 1.165) is 36.4 Å². The second kappa shape index (κ2) is 12.0. The van der Waals surface area contributed by atoms with Crippen molar-refractivity contribution >= 4 is 44.2 Å². The first-order valence-electron chi connectivity index (χ1n) is 11.9. The van der Waals surface area contributed by atoms with Gasteiger partial charge in [0, 0.05) is 44.2 Å². The SMILES string of the molecule is CCCCN(C)S(=O)(=O)c1ccc(C(=O)Nc2sc3c(c2C(=O)NC(=O)NC)CCN(CC)C3)cc1. The van der Waals surface area contributed by atoms with E-state index in [0.29, 0.717) is 30.1 Å². The van der Waals surface area contributed by atoms with Gasteiger partial charge in [-0.05, 0) is 49.2 Å². The van der Waals surface area contributed by atoms with Crippen LogP contribution in [-0.4, -0.2) is 69.2 Å². The fourth-order valence-electron chi connectivity index (χ4n) is 3.92. The average Bonchev–Trinajstić information content (AvgIpc) is 3.23. The molecule has 3 N–H and O–H groups in total. The number of hydrogen-bond acceptors (Lipinski definition) is 7.